The second-order valence-electron chi connectivity index (χ2n) is 1.99. The molecule has 0 aromatic heterocycles. The van der Waals surface area contributed by atoms with Gasteiger partial charge in [0, 0.05) is 4.47 Å². The van der Waals surface area contributed by atoms with Crippen LogP contribution in [0.5, 0.6) is 0 Å². The van der Waals surface area contributed by atoms with E-state index in [1.807, 2.05) is 0 Å². The van der Waals surface area contributed by atoms with Crippen molar-refractivity contribution in [3.8, 4) is 0 Å². The Morgan fingerprint density at radius 2 is 2.20 bits per heavy atom. The first-order valence-corrected chi connectivity index (χ1v) is 3.76. The van der Waals surface area contributed by atoms with Crippen LogP contribution >= 0.6 is 15.9 Å². The van der Waals surface area contributed by atoms with E-state index in [1.54, 1.807) is 6.07 Å². The number of benzene rings is 1. The lowest BCUT2D eigenvalue weighted by Crippen LogP contribution is -1.83. The molecule has 0 aliphatic heterocycles. The second-order valence-corrected chi connectivity index (χ2v) is 2.84. The van der Waals surface area contributed by atoms with Gasteiger partial charge in [-0.1, -0.05) is 22.0 Å². The molecule has 10 heavy (non-hydrogen) atoms. The third-order valence-electron chi connectivity index (χ3n) is 1.28. The van der Waals surface area contributed by atoms with E-state index in [0.29, 0.717) is 6.42 Å². The number of halogens is 2. The second kappa shape index (κ2) is 3.15. The van der Waals surface area contributed by atoms with E-state index in [0.717, 1.165) is 10.0 Å². The maximum atomic E-state index is 12.4. The molecule has 0 aliphatic carbocycles. The lowest BCUT2D eigenvalue weighted by Gasteiger charge is -1.98. The monoisotopic (exact) mass is 201 g/mol. The predicted octanol–water partition coefficient (Wildman–Crippen LogP) is 2.96. The standard InChI is InChI=1S/C8H7BrF/c1-2-6-3-4-7(10)5-8(6)9/h3-5H,1-2H2. The first-order valence-electron chi connectivity index (χ1n) is 2.97. The molecule has 0 amide bonds. The predicted molar refractivity (Wildman–Crippen MR) is 43.2 cm³/mol. The smallest absolute Gasteiger partial charge is 0.124 e. The van der Waals surface area contributed by atoms with Crippen LogP contribution < -0.4 is 0 Å². The molecule has 0 heterocycles. The molecule has 0 nitrogen and oxygen atoms in total. The Labute approximate surface area is 68.2 Å². The molecule has 1 radical (unpaired) electrons. The highest BCUT2D eigenvalue weighted by atomic mass is 79.9. The molecule has 0 saturated carbocycles. The Morgan fingerprint density at radius 3 is 2.70 bits per heavy atom. The van der Waals surface area contributed by atoms with Crippen molar-refractivity contribution < 1.29 is 4.39 Å². The van der Waals surface area contributed by atoms with Gasteiger partial charge in [-0.05, 0) is 31.0 Å². The summed E-state index contributed by atoms with van der Waals surface area (Å²) in [6, 6.07) is 4.61. The fraction of sp³-hybridized carbons (Fsp3) is 0.125. The van der Waals surface area contributed by atoms with Crippen molar-refractivity contribution in [1.29, 1.82) is 0 Å². The molecule has 0 N–H and O–H groups in total. The van der Waals surface area contributed by atoms with Gasteiger partial charge in [-0.2, -0.15) is 0 Å². The summed E-state index contributed by atoms with van der Waals surface area (Å²) in [4.78, 5) is 0. The Hall–Kier alpha value is -0.370. The zero-order valence-corrected chi connectivity index (χ0v) is 6.99. The van der Waals surface area contributed by atoms with Crippen LogP contribution in [0.2, 0.25) is 0 Å². The van der Waals surface area contributed by atoms with Gasteiger partial charge in [0.2, 0.25) is 0 Å². The van der Waals surface area contributed by atoms with Crippen LogP contribution in [-0.4, -0.2) is 0 Å². The van der Waals surface area contributed by atoms with E-state index in [1.165, 1.54) is 12.1 Å². The normalized spacial score (nSPS) is 9.90. The van der Waals surface area contributed by atoms with Crippen LogP contribution in [-0.2, 0) is 6.42 Å². The molecule has 0 fully saturated rings. The topological polar surface area (TPSA) is 0 Å². The van der Waals surface area contributed by atoms with Gasteiger partial charge in [0.05, 0.1) is 0 Å². The van der Waals surface area contributed by atoms with Crippen LogP contribution in [0.1, 0.15) is 5.56 Å². The molecule has 0 saturated heterocycles. The van der Waals surface area contributed by atoms with Gasteiger partial charge in [0.1, 0.15) is 5.82 Å². The van der Waals surface area contributed by atoms with Crippen molar-refractivity contribution in [3.05, 3.63) is 41.0 Å². The summed E-state index contributed by atoms with van der Waals surface area (Å²) >= 11 is 3.23. The van der Waals surface area contributed by atoms with E-state index in [9.17, 15) is 4.39 Å². The van der Waals surface area contributed by atoms with E-state index >= 15 is 0 Å². The molecule has 0 unspecified atom stereocenters. The van der Waals surface area contributed by atoms with E-state index < -0.39 is 0 Å². The zero-order chi connectivity index (χ0) is 7.56. The van der Waals surface area contributed by atoms with Crippen molar-refractivity contribution in [3.63, 3.8) is 0 Å². The molecule has 53 valence electrons. The molecular weight excluding hydrogens is 195 g/mol. The Balaban J connectivity index is 3.07. The minimum absolute atomic E-state index is 0.218. The average molecular weight is 202 g/mol. The van der Waals surface area contributed by atoms with Gasteiger partial charge < -0.3 is 0 Å². The maximum Gasteiger partial charge on any atom is 0.124 e. The largest absolute Gasteiger partial charge is 0.207 e. The molecule has 0 atom stereocenters. The molecule has 1 aromatic rings. The third kappa shape index (κ3) is 1.57. The lowest BCUT2D eigenvalue weighted by atomic mass is 10.2. The minimum Gasteiger partial charge on any atom is -0.207 e. The van der Waals surface area contributed by atoms with Crippen molar-refractivity contribution in [1.82, 2.24) is 0 Å². The highest BCUT2D eigenvalue weighted by Crippen LogP contribution is 2.17. The van der Waals surface area contributed by atoms with Crippen LogP contribution in [0.25, 0.3) is 0 Å². The zero-order valence-electron chi connectivity index (χ0n) is 5.40. The van der Waals surface area contributed by atoms with Crippen molar-refractivity contribution >= 4 is 15.9 Å². The molecule has 0 aliphatic rings. The summed E-state index contributed by atoms with van der Waals surface area (Å²) in [5.74, 6) is -0.218. The van der Waals surface area contributed by atoms with E-state index in [-0.39, 0.29) is 5.82 Å². The van der Waals surface area contributed by atoms with Crippen molar-refractivity contribution in [2.45, 2.75) is 6.42 Å². The third-order valence-corrected chi connectivity index (χ3v) is 2.02. The molecular formula is C8H7BrF. The SMILES string of the molecule is [CH2]Cc1ccc(F)cc1Br. The summed E-state index contributed by atoms with van der Waals surface area (Å²) in [7, 11) is 0. The Kier molecular flexibility index (Phi) is 2.44. The van der Waals surface area contributed by atoms with Gasteiger partial charge in [-0.15, -0.1) is 0 Å². The van der Waals surface area contributed by atoms with Crippen molar-refractivity contribution in [2.24, 2.45) is 0 Å². The summed E-state index contributed by atoms with van der Waals surface area (Å²) < 4.78 is 13.2. The highest BCUT2D eigenvalue weighted by molar-refractivity contribution is 9.10. The first-order chi connectivity index (χ1) is 4.74. The van der Waals surface area contributed by atoms with E-state index in [4.69, 9.17) is 0 Å². The van der Waals surface area contributed by atoms with Crippen molar-refractivity contribution in [2.75, 3.05) is 0 Å². The Morgan fingerprint density at radius 1 is 1.50 bits per heavy atom. The van der Waals surface area contributed by atoms with Crippen LogP contribution in [0.15, 0.2) is 22.7 Å². The molecule has 1 aromatic carbocycles. The summed E-state index contributed by atoms with van der Waals surface area (Å²) in [5, 5.41) is 0. The van der Waals surface area contributed by atoms with Gasteiger partial charge >= 0.3 is 0 Å². The van der Waals surface area contributed by atoms with Crippen LogP contribution in [0.4, 0.5) is 4.39 Å². The van der Waals surface area contributed by atoms with E-state index in [2.05, 4.69) is 22.9 Å². The minimum atomic E-state index is -0.218. The maximum absolute atomic E-state index is 12.4. The molecule has 1 rings (SSSR count). The Bertz CT molecular complexity index is 233. The number of hydrogen-bond acceptors (Lipinski definition) is 0. The fourth-order valence-electron chi connectivity index (χ4n) is 0.724. The summed E-state index contributed by atoms with van der Waals surface area (Å²) in [6.07, 6.45) is 0.681. The van der Waals surface area contributed by atoms with Gasteiger partial charge in [-0.25, -0.2) is 4.39 Å². The number of hydrogen-bond donors (Lipinski definition) is 0. The summed E-state index contributed by atoms with van der Waals surface area (Å²) in [5.41, 5.74) is 1.03. The lowest BCUT2D eigenvalue weighted by molar-refractivity contribution is 0.626. The summed E-state index contributed by atoms with van der Waals surface area (Å²) in [6.45, 7) is 3.69. The number of rotatable bonds is 1. The molecule has 0 bridgehead atoms. The van der Waals surface area contributed by atoms with Gasteiger partial charge in [-0.3, -0.25) is 0 Å². The molecule has 2 heteroatoms. The van der Waals surface area contributed by atoms with Gasteiger partial charge in [0.15, 0.2) is 0 Å². The first kappa shape index (κ1) is 7.73. The van der Waals surface area contributed by atoms with Gasteiger partial charge in [0.25, 0.3) is 0 Å². The molecule has 0 spiro atoms. The van der Waals surface area contributed by atoms with Crippen LogP contribution in [0.3, 0.4) is 0 Å². The highest BCUT2D eigenvalue weighted by Gasteiger charge is 1.97. The quantitative estimate of drug-likeness (QED) is 0.656. The fourth-order valence-corrected chi connectivity index (χ4v) is 1.27. The average Bonchev–Trinajstić information content (AvgIpc) is 1.88. The van der Waals surface area contributed by atoms with Crippen LogP contribution in [0, 0.1) is 12.7 Å².